The number of carbonyl (C=O) groups excluding carboxylic acids is 3. The van der Waals surface area contributed by atoms with Gasteiger partial charge in [0.05, 0.1) is 18.4 Å². The predicted molar refractivity (Wildman–Crippen MR) is 114 cm³/mol. The summed E-state index contributed by atoms with van der Waals surface area (Å²) in [6.07, 6.45) is 2.76. The number of nitrogens with zero attached hydrogens (tertiary/aromatic N) is 5. The Labute approximate surface area is 188 Å². The van der Waals surface area contributed by atoms with Crippen molar-refractivity contribution in [3.63, 3.8) is 0 Å². The van der Waals surface area contributed by atoms with Gasteiger partial charge in [0.2, 0.25) is 5.82 Å². The van der Waals surface area contributed by atoms with Crippen molar-refractivity contribution in [2.24, 2.45) is 5.92 Å². The van der Waals surface area contributed by atoms with E-state index < -0.39 is 35.0 Å². The third-order valence-corrected chi connectivity index (χ3v) is 5.46. The van der Waals surface area contributed by atoms with Crippen LogP contribution in [0.15, 0.2) is 23.3 Å². The van der Waals surface area contributed by atoms with Gasteiger partial charge >= 0.3 is 11.8 Å². The Morgan fingerprint density at radius 2 is 2.09 bits per heavy atom. The number of amides is 2. The quantitative estimate of drug-likeness (QED) is 0.489. The number of hydrogen-bond acceptors (Lipinski definition) is 6. The Hall–Kier alpha value is -3.44. The highest BCUT2D eigenvalue weighted by Crippen LogP contribution is 2.16. The summed E-state index contributed by atoms with van der Waals surface area (Å²) < 4.78 is 31.0. The molecule has 2 aromatic rings. The Morgan fingerprint density at radius 1 is 1.33 bits per heavy atom. The van der Waals surface area contributed by atoms with Crippen molar-refractivity contribution in [1.29, 1.82) is 0 Å². The van der Waals surface area contributed by atoms with Crippen LogP contribution in [0, 0.1) is 11.7 Å². The highest BCUT2D eigenvalue weighted by atomic mass is 19.1. The molecule has 1 aliphatic rings. The fourth-order valence-corrected chi connectivity index (χ4v) is 3.63. The maximum Gasteiger partial charge on any atom is 0.313 e. The zero-order chi connectivity index (χ0) is 24.1. The van der Waals surface area contributed by atoms with E-state index in [1.54, 1.807) is 0 Å². The number of carbonyl (C=O) groups is 3. The molecule has 33 heavy (non-hydrogen) atoms. The number of ketones is 1. The molecule has 2 aromatic heterocycles. The van der Waals surface area contributed by atoms with E-state index in [2.05, 4.69) is 15.6 Å². The topological polar surface area (TPSA) is 119 Å². The number of rotatable bonds is 7. The van der Waals surface area contributed by atoms with E-state index in [-0.39, 0.29) is 36.9 Å². The smallest absolute Gasteiger partial charge is 0.313 e. The van der Waals surface area contributed by atoms with Gasteiger partial charge in [0.1, 0.15) is 11.9 Å². The van der Waals surface area contributed by atoms with E-state index in [1.165, 1.54) is 28.9 Å². The fourth-order valence-electron chi connectivity index (χ4n) is 3.63. The van der Waals surface area contributed by atoms with Gasteiger partial charge in [-0.2, -0.15) is 4.39 Å². The van der Waals surface area contributed by atoms with Crippen molar-refractivity contribution >= 4 is 23.3 Å². The number of aryl methyl sites for hydroxylation is 1. The molecule has 3 heterocycles. The van der Waals surface area contributed by atoms with E-state index in [0.717, 1.165) is 23.5 Å². The monoisotopic (exact) mass is 464 g/mol. The van der Waals surface area contributed by atoms with Gasteiger partial charge in [0.15, 0.2) is 5.78 Å². The first-order valence-electron chi connectivity index (χ1n) is 10.7. The lowest BCUT2D eigenvalue weighted by molar-refractivity contribution is -0.144. The minimum Gasteiger partial charge on any atom is -0.334 e. The molecule has 1 aliphatic heterocycles. The molecule has 1 N–H and O–H groups in total. The maximum absolute atomic E-state index is 14.5. The first-order chi connectivity index (χ1) is 15.7. The molecule has 0 aromatic carbocycles. The number of Topliss-reactive ketones (excluding diaryl/α,β-unsaturated/α-hetero) is 1. The third kappa shape index (κ3) is 6.08. The molecule has 1 saturated heterocycles. The van der Waals surface area contributed by atoms with Crippen LogP contribution in [0.25, 0.3) is 0 Å². The van der Waals surface area contributed by atoms with E-state index in [4.69, 9.17) is 0 Å². The van der Waals surface area contributed by atoms with Gasteiger partial charge in [0.25, 0.3) is 5.56 Å². The summed E-state index contributed by atoms with van der Waals surface area (Å²) in [5, 5.41) is 9.44. The summed E-state index contributed by atoms with van der Waals surface area (Å²) in [7, 11) is 0. The SMILES string of the molecule is CC(=O)c1cn(CC(F)CCn2ccc(NC(=O)C(=O)N3CCCC(C)C3)c(F)c2=O)nn1. The Kier molecular flexibility index (Phi) is 7.67. The standard InChI is InChI=1S/C21H26F2N6O4/c1-13-4-3-7-28(10-13)21(33)19(31)24-16-6-9-27(20(32)18(16)23)8-5-15(22)11-29-12-17(14(2)30)25-26-29/h6,9,12-13,15H,3-5,7-8,10-11H2,1-2H3,(H,24,31). The van der Waals surface area contributed by atoms with E-state index in [9.17, 15) is 28.0 Å². The van der Waals surface area contributed by atoms with Crippen molar-refractivity contribution in [3.8, 4) is 0 Å². The lowest BCUT2D eigenvalue weighted by atomic mass is 10.0. The van der Waals surface area contributed by atoms with Gasteiger partial charge in [-0.15, -0.1) is 5.10 Å². The zero-order valence-electron chi connectivity index (χ0n) is 18.5. The average Bonchev–Trinajstić information content (AvgIpc) is 3.24. The van der Waals surface area contributed by atoms with Crippen molar-refractivity contribution in [2.75, 3.05) is 18.4 Å². The normalized spacial score (nSPS) is 17.0. The molecular formula is C21H26F2N6O4. The lowest BCUT2D eigenvalue weighted by Gasteiger charge is -2.30. The van der Waals surface area contributed by atoms with Crippen LogP contribution in [-0.2, 0) is 22.7 Å². The molecule has 0 saturated carbocycles. The number of pyridine rings is 1. The third-order valence-electron chi connectivity index (χ3n) is 5.46. The molecule has 0 radical (unpaired) electrons. The van der Waals surface area contributed by atoms with Gasteiger partial charge in [-0.3, -0.25) is 19.2 Å². The van der Waals surface area contributed by atoms with E-state index in [1.807, 2.05) is 6.92 Å². The lowest BCUT2D eigenvalue weighted by Crippen LogP contribution is -2.45. The van der Waals surface area contributed by atoms with Crippen molar-refractivity contribution < 1.29 is 23.2 Å². The van der Waals surface area contributed by atoms with Gasteiger partial charge in [-0.05, 0) is 31.2 Å². The van der Waals surface area contributed by atoms with Gasteiger partial charge in [0, 0.05) is 32.8 Å². The summed E-state index contributed by atoms with van der Waals surface area (Å²) in [6.45, 7) is 3.90. The average molecular weight is 464 g/mol. The molecule has 0 spiro atoms. The number of likely N-dealkylation sites (tertiary alicyclic amines) is 1. The Morgan fingerprint density at radius 3 is 2.76 bits per heavy atom. The van der Waals surface area contributed by atoms with Crippen LogP contribution < -0.4 is 10.9 Å². The van der Waals surface area contributed by atoms with E-state index >= 15 is 0 Å². The van der Waals surface area contributed by atoms with E-state index in [0.29, 0.717) is 13.1 Å². The molecule has 2 amide bonds. The number of anilines is 1. The number of nitrogens with one attached hydrogen (secondary N) is 1. The highest BCUT2D eigenvalue weighted by molar-refractivity contribution is 6.39. The van der Waals surface area contributed by atoms with Crippen LogP contribution in [0.1, 0.15) is 43.6 Å². The van der Waals surface area contributed by atoms with Crippen LogP contribution in [0.2, 0.25) is 0 Å². The maximum atomic E-state index is 14.5. The number of halogens is 2. The second kappa shape index (κ2) is 10.5. The highest BCUT2D eigenvalue weighted by Gasteiger charge is 2.27. The molecule has 10 nitrogen and oxygen atoms in total. The molecule has 2 atom stereocenters. The summed E-state index contributed by atoms with van der Waals surface area (Å²) in [5.74, 6) is -3.04. The molecule has 3 rings (SSSR count). The Balaban J connectivity index is 1.57. The minimum atomic E-state index is -1.43. The second-order valence-electron chi connectivity index (χ2n) is 8.26. The molecule has 2 unspecified atom stereocenters. The number of piperidine rings is 1. The number of alkyl halides is 1. The van der Waals surface area contributed by atoms with Crippen molar-refractivity contribution in [3.05, 3.63) is 40.3 Å². The summed E-state index contributed by atoms with van der Waals surface area (Å²) in [5.41, 5.74) is -1.33. The van der Waals surface area contributed by atoms with Crippen molar-refractivity contribution in [1.82, 2.24) is 24.5 Å². The Bertz CT molecular complexity index is 1100. The van der Waals surface area contributed by atoms with Gasteiger partial charge in [-0.25, -0.2) is 9.07 Å². The van der Waals surface area contributed by atoms with Crippen LogP contribution >= 0.6 is 0 Å². The summed E-state index contributed by atoms with van der Waals surface area (Å²) >= 11 is 0. The molecule has 178 valence electrons. The van der Waals surface area contributed by atoms with Crippen LogP contribution in [-0.4, -0.2) is 61.3 Å². The fraction of sp³-hybridized carbons (Fsp3) is 0.524. The predicted octanol–water partition coefficient (Wildman–Crippen LogP) is 1.41. The van der Waals surface area contributed by atoms with Gasteiger partial charge in [-0.1, -0.05) is 12.1 Å². The molecular weight excluding hydrogens is 438 g/mol. The molecule has 0 bridgehead atoms. The molecule has 1 fully saturated rings. The molecule has 12 heteroatoms. The first-order valence-corrected chi connectivity index (χ1v) is 10.7. The number of aromatic nitrogens is 4. The second-order valence-corrected chi connectivity index (χ2v) is 8.26. The van der Waals surface area contributed by atoms with Crippen LogP contribution in [0.4, 0.5) is 14.5 Å². The van der Waals surface area contributed by atoms with Crippen molar-refractivity contribution in [2.45, 2.75) is 52.4 Å². The number of hydrogen-bond donors (Lipinski definition) is 1. The van der Waals surface area contributed by atoms with Gasteiger partial charge < -0.3 is 14.8 Å². The first kappa shape index (κ1) is 24.2. The molecule has 0 aliphatic carbocycles. The zero-order valence-corrected chi connectivity index (χ0v) is 18.5. The van der Waals surface area contributed by atoms with Crippen LogP contribution in [0.3, 0.4) is 0 Å². The summed E-state index contributed by atoms with van der Waals surface area (Å²) in [6, 6.07) is 1.16. The summed E-state index contributed by atoms with van der Waals surface area (Å²) in [4.78, 5) is 49.5. The largest absolute Gasteiger partial charge is 0.334 e. The minimum absolute atomic E-state index is 0.117. The van der Waals surface area contributed by atoms with Crippen LogP contribution in [0.5, 0.6) is 0 Å².